The standard InChI is InChI=1S/C13H21F3N2O4/c1-12(2,3)22-11(21)18-5-4-17(6-9(7-18)8-19)10(20)13(14,15)16/h9,19H,4-8H2,1-3H3. The van der Waals surface area contributed by atoms with Gasteiger partial charge in [-0.3, -0.25) is 4.79 Å². The number of amides is 2. The van der Waals surface area contributed by atoms with Crippen molar-refractivity contribution in [2.75, 3.05) is 32.8 Å². The molecule has 1 fully saturated rings. The second-order valence-corrected chi connectivity index (χ2v) is 6.22. The van der Waals surface area contributed by atoms with E-state index in [0.717, 1.165) is 0 Å². The summed E-state index contributed by atoms with van der Waals surface area (Å²) in [7, 11) is 0. The molecule has 1 N–H and O–H groups in total. The summed E-state index contributed by atoms with van der Waals surface area (Å²) in [5.41, 5.74) is -0.737. The van der Waals surface area contributed by atoms with Crippen LogP contribution in [0.1, 0.15) is 20.8 Å². The summed E-state index contributed by atoms with van der Waals surface area (Å²) in [6, 6.07) is 0. The number of hydrogen-bond donors (Lipinski definition) is 1. The first-order chi connectivity index (χ1) is 9.94. The number of hydrogen-bond acceptors (Lipinski definition) is 4. The van der Waals surface area contributed by atoms with Crippen LogP contribution in [-0.4, -0.2) is 71.5 Å². The fourth-order valence-corrected chi connectivity index (χ4v) is 2.08. The Labute approximate surface area is 126 Å². The van der Waals surface area contributed by atoms with E-state index >= 15 is 0 Å². The van der Waals surface area contributed by atoms with Crippen molar-refractivity contribution in [1.29, 1.82) is 0 Å². The number of alkyl halides is 3. The lowest BCUT2D eigenvalue weighted by atomic mass is 10.1. The third-order valence-corrected chi connectivity index (χ3v) is 3.04. The zero-order valence-corrected chi connectivity index (χ0v) is 12.8. The molecule has 2 amide bonds. The SMILES string of the molecule is CC(C)(C)OC(=O)N1CCN(C(=O)C(F)(F)F)CC(CO)C1. The number of rotatable bonds is 1. The Balaban J connectivity index is 2.80. The molecule has 1 heterocycles. The molecule has 0 aromatic carbocycles. The van der Waals surface area contributed by atoms with E-state index in [1.165, 1.54) is 4.90 Å². The van der Waals surface area contributed by atoms with E-state index in [9.17, 15) is 27.9 Å². The van der Waals surface area contributed by atoms with Crippen LogP contribution in [0.5, 0.6) is 0 Å². The number of aliphatic hydroxyl groups excluding tert-OH is 1. The average molecular weight is 326 g/mol. The normalized spacial score (nSPS) is 20.6. The third-order valence-electron chi connectivity index (χ3n) is 3.04. The van der Waals surface area contributed by atoms with Crippen LogP contribution >= 0.6 is 0 Å². The molecule has 1 saturated heterocycles. The van der Waals surface area contributed by atoms with Gasteiger partial charge < -0.3 is 19.6 Å². The lowest BCUT2D eigenvalue weighted by Gasteiger charge is -2.27. The minimum atomic E-state index is -4.97. The van der Waals surface area contributed by atoms with Crippen molar-refractivity contribution in [1.82, 2.24) is 9.80 Å². The molecule has 0 aliphatic carbocycles. The number of ether oxygens (including phenoxy) is 1. The molecule has 9 heteroatoms. The fraction of sp³-hybridized carbons (Fsp3) is 0.846. The number of carbonyl (C=O) groups is 2. The number of carbonyl (C=O) groups excluding carboxylic acids is 2. The Morgan fingerprint density at radius 3 is 2.09 bits per heavy atom. The van der Waals surface area contributed by atoms with E-state index in [4.69, 9.17) is 4.74 Å². The molecule has 1 atom stereocenters. The molecule has 22 heavy (non-hydrogen) atoms. The molecule has 6 nitrogen and oxygen atoms in total. The highest BCUT2D eigenvalue weighted by atomic mass is 19.4. The van der Waals surface area contributed by atoms with Crippen LogP contribution in [0.15, 0.2) is 0 Å². The maximum atomic E-state index is 12.5. The maximum absolute atomic E-state index is 12.5. The molecule has 0 radical (unpaired) electrons. The summed E-state index contributed by atoms with van der Waals surface area (Å²) in [4.78, 5) is 25.2. The van der Waals surface area contributed by atoms with Crippen molar-refractivity contribution in [3.05, 3.63) is 0 Å². The third kappa shape index (κ3) is 5.36. The van der Waals surface area contributed by atoms with Crippen molar-refractivity contribution in [3.63, 3.8) is 0 Å². The Morgan fingerprint density at radius 1 is 1.14 bits per heavy atom. The summed E-state index contributed by atoms with van der Waals surface area (Å²) in [5.74, 6) is -2.61. The van der Waals surface area contributed by atoms with E-state index in [0.29, 0.717) is 4.90 Å². The van der Waals surface area contributed by atoms with Gasteiger partial charge in [0.1, 0.15) is 5.60 Å². The van der Waals surface area contributed by atoms with Crippen LogP contribution in [0.4, 0.5) is 18.0 Å². The molecule has 0 aromatic heterocycles. The first-order valence-electron chi connectivity index (χ1n) is 6.89. The van der Waals surface area contributed by atoms with E-state index in [-0.39, 0.29) is 26.2 Å². The summed E-state index contributed by atoms with van der Waals surface area (Å²) in [6.07, 6.45) is -5.64. The molecular weight excluding hydrogens is 305 g/mol. The van der Waals surface area contributed by atoms with E-state index in [1.54, 1.807) is 20.8 Å². The minimum Gasteiger partial charge on any atom is -0.444 e. The molecular formula is C13H21F3N2O4. The highest BCUT2D eigenvalue weighted by molar-refractivity contribution is 5.82. The van der Waals surface area contributed by atoms with E-state index < -0.39 is 36.3 Å². The molecule has 0 aromatic rings. The monoisotopic (exact) mass is 326 g/mol. The lowest BCUT2D eigenvalue weighted by Crippen LogP contribution is -2.44. The van der Waals surface area contributed by atoms with Crippen LogP contribution < -0.4 is 0 Å². The zero-order valence-electron chi connectivity index (χ0n) is 12.8. The van der Waals surface area contributed by atoms with E-state index in [2.05, 4.69) is 0 Å². The van der Waals surface area contributed by atoms with Gasteiger partial charge in [-0.05, 0) is 20.8 Å². The minimum absolute atomic E-state index is 0.0348. The zero-order chi connectivity index (χ0) is 17.1. The molecule has 0 bridgehead atoms. The van der Waals surface area contributed by atoms with Gasteiger partial charge in [-0.1, -0.05) is 0 Å². The molecule has 1 aliphatic rings. The summed E-state index contributed by atoms with van der Waals surface area (Å²) < 4.78 is 42.7. The van der Waals surface area contributed by atoms with Crippen LogP contribution in [0.25, 0.3) is 0 Å². The number of nitrogens with zero attached hydrogens (tertiary/aromatic N) is 2. The Kier molecular flexibility index (Phi) is 5.66. The van der Waals surface area contributed by atoms with E-state index in [1.807, 2.05) is 0 Å². The van der Waals surface area contributed by atoms with Crippen molar-refractivity contribution in [2.24, 2.45) is 5.92 Å². The van der Waals surface area contributed by atoms with Crippen LogP contribution in [-0.2, 0) is 9.53 Å². The van der Waals surface area contributed by atoms with Gasteiger partial charge in [0.25, 0.3) is 0 Å². The van der Waals surface area contributed by atoms with Crippen LogP contribution in [0, 0.1) is 5.92 Å². The van der Waals surface area contributed by atoms with Gasteiger partial charge in [-0.25, -0.2) is 4.79 Å². The average Bonchev–Trinajstić information content (AvgIpc) is 2.57. The second-order valence-electron chi connectivity index (χ2n) is 6.22. The van der Waals surface area contributed by atoms with Gasteiger partial charge in [-0.2, -0.15) is 13.2 Å². The Bertz CT molecular complexity index is 420. The summed E-state index contributed by atoms with van der Waals surface area (Å²) >= 11 is 0. The van der Waals surface area contributed by atoms with Crippen molar-refractivity contribution < 1.29 is 32.6 Å². The Hall–Kier alpha value is -1.51. The summed E-state index contributed by atoms with van der Waals surface area (Å²) in [5, 5.41) is 9.25. The summed E-state index contributed by atoms with van der Waals surface area (Å²) in [6.45, 7) is 4.03. The van der Waals surface area contributed by atoms with Gasteiger partial charge in [0, 0.05) is 38.7 Å². The maximum Gasteiger partial charge on any atom is 0.471 e. The predicted molar refractivity (Wildman–Crippen MR) is 71.0 cm³/mol. The quantitative estimate of drug-likeness (QED) is 0.787. The largest absolute Gasteiger partial charge is 0.471 e. The van der Waals surface area contributed by atoms with Gasteiger partial charge in [0.15, 0.2) is 0 Å². The van der Waals surface area contributed by atoms with Gasteiger partial charge in [-0.15, -0.1) is 0 Å². The van der Waals surface area contributed by atoms with Crippen LogP contribution in [0.2, 0.25) is 0 Å². The fourth-order valence-electron chi connectivity index (χ4n) is 2.08. The first kappa shape index (κ1) is 18.5. The van der Waals surface area contributed by atoms with Gasteiger partial charge >= 0.3 is 18.2 Å². The topological polar surface area (TPSA) is 70.1 Å². The first-order valence-corrected chi connectivity index (χ1v) is 6.89. The molecule has 1 rings (SSSR count). The van der Waals surface area contributed by atoms with Crippen molar-refractivity contribution >= 4 is 12.0 Å². The molecule has 1 aliphatic heterocycles. The smallest absolute Gasteiger partial charge is 0.444 e. The van der Waals surface area contributed by atoms with Gasteiger partial charge in [0.2, 0.25) is 0 Å². The second kappa shape index (κ2) is 6.72. The highest BCUT2D eigenvalue weighted by Crippen LogP contribution is 2.21. The molecule has 0 spiro atoms. The molecule has 1 unspecified atom stereocenters. The number of aliphatic hydroxyl groups is 1. The predicted octanol–water partition coefficient (Wildman–Crippen LogP) is 1.24. The molecule has 128 valence electrons. The number of halogens is 3. The lowest BCUT2D eigenvalue weighted by molar-refractivity contribution is -0.185. The van der Waals surface area contributed by atoms with Crippen LogP contribution in [0.3, 0.4) is 0 Å². The van der Waals surface area contributed by atoms with Crippen molar-refractivity contribution in [2.45, 2.75) is 32.5 Å². The van der Waals surface area contributed by atoms with Crippen molar-refractivity contribution in [3.8, 4) is 0 Å². The molecule has 0 saturated carbocycles. The highest BCUT2D eigenvalue weighted by Gasteiger charge is 2.44. The Morgan fingerprint density at radius 2 is 1.64 bits per heavy atom. The van der Waals surface area contributed by atoms with Gasteiger partial charge in [0.05, 0.1) is 0 Å².